The van der Waals surface area contributed by atoms with Gasteiger partial charge in [-0.25, -0.2) is 0 Å². The molecule has 2 aliphatic heterocycles. The van der Waals surface area contributed by atoms with Gasteiger partial charge in [-0.15, -0.1) is 0 Å². The summed E-state index contributed by atoms with van der Waals surface area (Å²) >= 11 is 0. The highest BCUT2D eigenvalue weighted by Gasteiger charge is 2.43. The summed E-state index contributed by atoms with van der Waals surface area (Å²) in [5.74, 6) is 0.688. The molecule has 0 aliphatic carbocycles. The number of nitrogens with two attached hydrogens (primary N) is 1. The van der Waals surface area contributed by atoms with Crippen LogP contribution in [0.1, 0.15) is 26.2 Å². The van der Waals surface area contributed by atoms with E-state index in [2.05, 4.69) is 30.8 Å². The van der Waals surface area contributed by atoms with Crippen molar-refractivity contribution >= 4 is 0 Å². The van der Waals surface area contributed by atoms with E-state index >= 15 is 0 Å². The molecule has 4 heteroatoms. The largest absolute Gasteiger partial charge is 0.381 e. The summed E-state index contributed by atoms with van der Waals surface area (Å²) in [5, 5.41) is 0. The van der Waals surface area contributed by atoms with Crippen LogP contribution in [0.2, 0.25) is 0 Å². The Bertz CT molecular complexity index is 256. The topological polar surface area (TPSA) is 41.7 Å². The summed E-state index contributed by atoms with van der Waals surface area (Å²) in [6, 6.07) is 0.638. The average molecular weight is 255 g/mol. The Morgan fingerprint density at radius 1 is 1.50 bits per heavy atom. The van der Waals surface area contributed by atoms with Gasteiger partial charge in [0.05, 0.1) is 6.61 Å². The standard InChI is InChI=1S/C14H29N3O/c1-12-7-14(10-15,11-16(12)2)17(3)8-13-5-4-6-18-9-13/h12-13H,4-11,15H2,1-3H3. The van der Waals surface area contributed by atoms with Gasteiger partial charge >= 0.3 is 0 Å². The molecular formula is C14H29N3O. The highest BCUT2D eigenvalue weighted by Crippen LogP contribution is 2.31. The lowest BCUT2D eigenvalue weighted by Crippen LogP contribution is -2.55. The summed E-state index contributed by atoms with van der Waals surface area (Å²) in [4.78, 5) is 4.94. The lowest BCUT2D eigenvalue weighted by molar-refractivity contribution is 0.0224. The monoisotopic (exact) mass is 255 g/mol. The second-order valence-electron chi connectivity index (χ2n) is 6.36. The Balaban J connectivity index is 1.95. The molecule has 2 heterocycles. The molecule has 0 spiro atoms. The van der Waals surface area contributed by atoms with E-state index in [1.807, 2.05) is 0 Å². The van der Waals surface area contributed by atoms with Crippen molar-refractivity contribution in [3.63, 3.8) is 0 Å². The Labute approximate surface area is 111 Å². The third kappa shape index (κ3) is 2.87. The van der Waals surface area contributed by atoms with E-state index < -0.39 is 0 Å². The van der Waals surface area contributed by atoms with Crippen LogP contribution < -0.4 is 5.73 Å². The van der Waals surface area contributed by atoms with Crippen molar-refractivity contribution in [1.82, 2.24) is 9.80 Å². The molecular weight excluding hydrogens is 226 g/mol. The van der Waals surface area contributed by atoms with Crippen molar-refractivity contribution < 1.29 is 4.74 Å². The van der Waals surface area contributed by atoms with Gasteiger partial charge in [0.15, 0.2) is 0 Å². The van der Waals surface area contributed by atoms with Gasteiger partial charge in [0.1, 0.15) is 0 Å². The van der Waals surface area contributed by atoms with Crippen molar-refractivity contribution in [3.8, 4) is 0 Å². The zero-order chi connectivity index (χ0) is 13.2. The average Bonchev–Trinajstić information content (AvgIpc) is 2.68. The van der Waals surface area contributed by atoms with Crippen LogP contribution in [0.5, 0.6) is 0 Å². The molecule has 0 bridgehead atoms. The predicted molar refractivity (Wildman–Crippen MR) is 74.7 cm³/mol. The van der Waals surface area contributed by atoms with Crippen molar-refractivity contribution in [2.45, 2.75) is 37.8 Å². The fourth-order valence-corrected chi connectivity index (χ4v) is 3.50. The van der Waals surface area contributed by atoms with E-state index in [1.165, 1.54) is 19.3 Å². The fraction of sp³-hybridized carbons (Fsp3) is 1.00. The Hall–Kier alpha value is -0.160. The maximum Gasteiger partial charge on any atom is 0.0506 e. The van der Waals surface area contributed by atoms with Crippen molar-refractivity contribution in [2.24, 2.45) is 11.7 Å². The first-order valence-corrected chi connectivity index (χ1v) is 7.27. The minimum Gasteiger partial charge on any atom is -0.381 e. The van der Waals surface area contributed by atoms with Gasteiger partial charge in [-0.1, -0.05) is 0 Å². The first kappa shape index (κ1) is 14.3. The normalized spacial score (nSPS) is 38.5. The van der Waals surface area contributed by atoms with E-state index in [-0.39, 0.29) is 5.54 Å². The number of nitrogens with zero attached hydrogens (tertiary/aromatic N) is 2. The maximum absolute atomic E-state index is 6.10. The summed E-state index contributed by atoms with van der Waals surface area (Å²) < 4.78 is 5.59. The van der Waals surface area contributed by atoms with Crippen LogP contribution in [-0.2, 0) is 4.74 Å². The number of hydrogen-bond donors (Lipinski definition) is 1. The van der Waals surface area contributed by atoms with Crippen molar-refractivity contribution in [3.05, 3.63) is 0 Å². The first-order valence-electron chi connectivity index (χ1n) is 7.27. The van der Waals surface area contributed by atoms with Gasteiger partial charge in [-0.3, -0.25) is 4.90 Å². The molecule has 0 saturated carbocycles. The molecule has 4 nitrogen and oxygen atoms in total. The zero-order valence-electron chi connectivity index (χ0n) is 12.2. The molecule has 0 aromatic heterocycles. The molecule has 2 fully saturated rings. The molecule has 18 heavy (non-hydrogen) atoms. The van der Waals surface area contributed by atoms with E-state index in [9.17, 15) is 0 Å². The van der Waals surface area contributed by atoms with Crippen molar-refractivity contribution in [2.75, 3.05) is 46.9 Å². The summed E-state index contributed by atoms with van der Waals surface area (Å²) in [6.45, 7) is 7.14. The fourth-order valence-electron chi connectivity index (χ4n) is 3.50. The van der Waals surface area contributed by atoms with E-state index in [1.54, 1.807) is 0 Å². The molecule has 2 N–H and O–H groups in total. The molecule has 106 valence electrons. The van der Waals surface area contributed by atoms with Crippen LogP contribution in [0.25, 0.3) is 0 Å². The lowest BCUT2D eigenvalue weighted by Gasteiger charge is -2.40. The number of likely N-dealkylation sites (tertiary alicyclic amines) is 1. The molecule has 3 unspecified atom stereocenters. The van der Waals surface area contributed by atoms with Crippen LogP contribution in [0.15, 0.2) is 0 Å². The van der Waals surface area contributed by atoms with Gasteiger partial charge in [-0.2, -0.15) is 0 Å². The number of hydrogen-bond acceptors (Lipinski definition) is 4. The summed E-state index contributed by atoms with van der Waals surface area (Å²) in [7, 11) is 4.45. The quantitative estimate of drug-likeness (QED) is 0.805. The maximum atomic E-state index is 6.10. The second kappa shape index (κ2) is 5.87. The molecule has 2 rings (SSSR count). The van der Waals surface area contributed by atoms with Gasteiger partial charge < -0.3 is 15.4 Å². The van der Waals surface area contributed by atoms with Gasteiger partial charge in [0, 0.05) is 37.8 Å². The van der Waals surface area contributed by atoms with E-state index in [4.69, 9.17) is 10.5 Å². The van der Waals surface area contributed by atoms with E-state index in [0.717, 1.165) is 32.8 Å². The zero-order valence-corrected chi connectivity index (χ0v) is 12.2. The molecule has 2 aliphatic rings. The van der Waals surface area contributed by atoms with Gasteiger partial charge in [0.2, 0.25) is 0 Å². The number of ether oxygens (including phenoxy) is 1. The third-order valence-electron chi connectivity index (χ3n) is 4.95. The summed E-state index contributed by atoms with van der Waals surface area (Å²) in [5.41, 5.74) is 6.27. The van der Waals surface area contributed by atoms with Crippen LogP contribution in [0.4, 0.5) is 0 Å². The summed E-state index contributed by atoms with van der Waals surface area (Å²) in [6.07, 6.45) is 3.70. The van der Waals surface area contributed by atoms with Crippen LogP contribution >= 0.6 is 0 Å². The highest BCUT2D eigenvalue weighted by molar-refractivity contribution is 5.01. The number of rotatable bonds is 4. The van der Waals surface area contributed by atoms with Crippen LogP contribution in [-0.4, -0.2) is 68.3 Å². The molecule has 0 aromatic carbocycles. The van der Waals surface area contributed by atoms with Gasteiger partial charge in [-0.05, 0) is 46.2 Å². The molecule has 0 radical (unpaired) electrons. The Morgan fingerprint density at radius 3 is 2.78 bits per heavy atom. The Kier molecular flexibility index (Phi) is 4.64. The second-order valence-corrected chi connectivity index (χ2v) is 6.36. The minimum atomic E-state index is 0.172. The highest BCUT2D eigenvalue weighted by atomic mass is 16.5. The lowest BCUT2D eigenvalue weighted by atomic mass is 9.92. The Morgan fingerprint density at radius 2 is 2.28 bits per heavy atom. The molecule has 0 amide bonds. The third-order valence-corrected chi connectivity index (χ3v) is 4.95. The molecule has 3 atom stereocenters. The van der Waals surface area contributed by atoms with E-state index in [0.29, 0.717) is 12.0 Å². The van der Waals surface area contributed by atoms with Gasteiger partial charge in [0.25, 0.3) is 0 Å². The van der Waals surface area contributed by atoms with Crippen LogP contribution in [0.3, 0.4) is 0 Å². The smallest absolute Gasteiger partial charge is 0.0506 e. The first-order chi connectivity index (χ1) is 8.57. The SMILES string of the molecule is CC1CC(CN)(N(C)CC2CCCOC2)CN1C. The molecule has 2 saturated heterocycles. The predicted octanol–water partition coefficient (Wildman–Crippen LogP) is 0.766. The number of likely N-dealkylation sites (N-methyl/N-ethyl adjacent to an activating group) is 2. The molecule has 0 aromatic rings. The minimum absolute atomic E-state index is 0.172. The van der Waals surface area contributed by atoms with Crippen LogP contribution in [0, 0.1) is 5.92 Å². The van der Waals surface area contributed by atoms with Crippen molar-refractivity contribution in [1.29, 1.82) is 0 Å².